The van der Waals surface area contributed by atoms with Crippen LogP contribution in [0.15, 0.2) is 54.6 Å². The first-order valence-electron chi connectivity index (χ1n) is 6.89. The second-order valence-corrected chi connectivity index (χ2v) is 4.68. The fourth-order valence-corrected chi connectivity index (χ4v) is 1.84. The van der Waals surface area contributed by atoms with Crippen LogP contribution < -0.4 is 9.47 Å². The van der Waals surface area contributed by atoms with E-state index in [-0.39, 0.29) is 12.4 Å². The van der Waals surface area contributed by atoms with Crippen LogP contribution in [-0.2, 0) is 4.79 Å². The molecule has 0 aliphatic carbocycles. The minimum atomic E-state index is -1.03. The van der Waals surface area contributed by atoms with Gasteiger partial charge in [0, 0.05) is 5.56 Å². The average molecular weight is 312 g/mol. The van der Waals surface area contributed by atoms with Crippen molar-refractivity contribution in [2.24, 2.45) is 0 Å². The molecule has 2 aromatic rings. The summed E-state index contributed by atoms with van der Waals surface area (Å²) in [6, 6.07) is 13.7. The second kappa shape index (κ2) is 7.79. The van der Waals surface area contributed by atoms with Gasteiger partial charge in [-0.1, -0.05) is 18.2 Å². The number of benzene rings is 2. The van der Waals surface area contributed by atoms with Crippen LogP contribution >= 0.6 is 0 Å². The zero-order valence-corrected chi connectivity index (χ0v) is 12.6. The third kappa shape index (κ3) is 5.00. The Hall–Kier alpha value is -3.08. The van der Waals surface area contributed by atoms with Crippen LogP contribution in [0.3, 0.4) is 0 Å². The minimum Gasteiger partial charge on any atom is -0.497 e. The Morgan fingerprint density at radius 1 is 1.00 bits per heavy atom. The number of ketones is 1. The van der Waals surface area contributed by atoms with Crippen molar-refractivity contribution in [3.05, 3.63) is 65.7 Å². The molecule has 0 atom stereocenters. The molecule has 5 nitrogen and oxygen atoms in total. The number of ether oxygens (including phenoxy) is 2. The van der Waals surface area contributed by atoms with Crippen molar-refractivity contribution in [2.75, 3.05) is 13.7 Å². The van der Waals surface area contributed by atoms with E-state index >= 15 is 0 Å². The Bertz CT molecular complexity index is 699. The van der Waals surface area contributed by atoms with E-state index in [0.29, 0.717) is 17.1 Å². The quantitative estimate of drug-likeness (QED) is 0.628. The van der Waals surface area contributed by atoms with Crippen LogP contribution in [0.1, 0.15) is 15.9 Å². The summed E-state index contributed by atoms with van der Waals surface area (Å²) in [5.74, 6) is 0.0198. The normalized spacial score (nSPS) is 10.5. The van der Waals surface area contributed by atoms with Crippen molar-refractivity contribution >= 4 is 17.8 Å². The Morgan fingerprint density at radius 2 is 1.61 bits per heavy atom. The fourth-order valence-electron chi connectivity index (χ4n) is 1.84. The average Bonchev–Trinajstić information content (AvgIpc) is 2.58. The zero-order chi connectivity index (χ0) is 16.7. The summed E-state index contributed by atoms with van der Waals surface area (Å²) in [6.07, 6.45) is 3.17. The van der Waals surface area contributed by atoms with Gasteiger partial charge in [-0.25, -0.2) is 4.79 Å². The summed E-state index contributed by atoms with van der Waals surface area (Å²) in [5.41, 5.74) is 1.39. The SMILES string of the molecule is COc1ccc(C(=O)C=Cc2ccc(OCC(=O)O)cc2)cc1. The maximum absolute atomic E-state index is 12.0. The van der Waals surface area contributed by atoms with E-state index in [2.05, 4.69) is 0 Å². The van der Waals surface area contributed by atoms with E-state index in [1.807, 2.05) is 0 Å². The molecule has 1 N–H and O–H groups in total. The Balaban J connectivity index is 1.98. The number of aliphatic carboxylic acids is 1. The molecule has 2 aromatic carbocycles. The summed E-state index contributed by atoms with van der Waals surface area (Å²) >= 11 is 0. The van der Waals surface area contributed by atoms with Gasteiger partial charge in [-0.3, -0.25) is 4.79 Å². The van der Waals surface area contributed by atoms with Crippen molar-refractivity contribution in [3.63, 3.8) is 0 Å². The van der Waals surface area contributed by atoms with E-state index in [4.69, 9.17) is 14.6 Å². The maximum atomic E-state index is 12.0. The standard InChI is InChI=1S/C18H16O5/c1-22-15-9-5-14(6-10-15)17(19)11-4-13-2-7-16(8-3-13)23-12-18(20)21/h2-11H,12H2,1H3,(H,20,21). The number of allylic oxidation sites excluding steroid dienone is 1. The van der Waals surface area contributed by atoms with Gasteiger partial charge in [0.2, 0.25) is 0 Å². The highest BCUT2D eigenvalue weighted by atomic mass is 16.5. The smallest absolute Gasteiger partial charge is 0.341 e. The summed E-state index contributed by atoms with van der Waals surface area (Å²) in [5, 5.41) is 8.53. The molecule has 118 valence electrons. The molecular formula is C18H16O5. The molecule has 0 radical (unpaired) electrons. The lowest BCUT2D eigenvalue weighted by Crippen LogP contribution is -2.09. The molecule has 23 heavy (non-hydrogen) atoms. The van der Waals surface area contributed by atoms with Crippen LogP contribution in [0.25, 0.3) is 6.08 Å². The highest BCUT2D eigenvalue weighted by Gasteiger charge is 2.02. The van der Waals surface area contributed by atoms with Crippen LogP contribution in [0, 0.1) is 0 Å². The highest BCUT2D eigenvalue weighted by molar-refractivity contribution is 6.06. The second-order valence-electron chi connectivity index (χ2n) is 4.68. The molecule has 2 rings (SSSR count). The predicted octanol–water partition coefficient (Wildman–Crippen LogP) is 3.05. The van der Waals surface area contributed by atoms with Gasteiger partial charge in [-0.15, -0.1) is 0 Å². The van der Waals surface area contributed by atoms with Crippen LogP contribution in [0.5, 0.6) is 11.5 Å². The van der Waals surface area contributed by atoms with Gasteiger partial charge < -0.3 is 14.6 Å². The van der Waals surface area contributed by atoms with E-state index in [1.54, 1.807) is 61.7 Å². The Labute approximate surface area is 133 Å². The number of carboxylic acids is 1. The largest absolute Gasteiger partial charge is 0.497 e. The van der Waals surface area contributed by atoms with Gasteiger partial charge in [0.05, 0.1) is 7.11 Å². The summed E-state index contributed by atoms with van der Waals surface area (Å²) in [7, 11) is 1.57. The summed E-state index contributed by atoms with van der Waals surface area (Å²) in [4.78, 5) is 22.5. The van der Waals surface area contributed by atoms with Crippen LogP contribution in [-0.4, -0.2) is 30.6 Å². The molecule has 0 bridgehead atoms. The van der Waals surface area contributed by atoms with Gasteiger partial charge in [-0.05, 0) is 48.0 Å². The van der Waals surface area contributed by atoms with Crippen molar-refractivity contribution in [1.82, 2.24) is 0 Å². The van der Waals surface area contributed by atoms with Gasteiger partial charge >= 0.3 is 5.97 Å². The molecule has 0 fully saturated rings. The third-order valence-corrected chi connectivity index (χ3v) is 3.04. The Kier molecular flexibility index (Phi) is 5.52. The van der Waals surface area contributed by atoms with Crippen molar-refractivity contribution in [1.29, 1.82) is 0 Å². The number of hydrogen-bond acceptors (Lipinski definition) is 4. The number of hydrogen-bond donors (Lipinski definition) is 1. The molecule has 0 saturated carbocycles. The number of carbonyl (C=O) groups is 2. The molecule has 0 aromatic heterocycles. The van der Waals surface area contributed by atoms with Gasteiger partial charge in [0.25, 0.3) is 0 Å². The molecular weight excluding hydrogens is 296 g/mol. The number of methoxy groups -OCH3 is 1. The summed E-state index contributed by atoms with van der Waals surface area (Å²) in [6.45, 7) is -0.384. The molecule has 0 aliphatic heterocycles. The van der Waals surface area contributed by atoms with Crippen LogP contribution in [0.4, 0.5) is 0 Å². The first-order chi connectivity index (χ1) is 11.1. The lowest BCUT2D eigenvalue weighted by Gasteiger charge is -2.03. The minimum absolute atomic E-state index is 0.112. The first kappa shape index (κ1) is 16.3. The fraction of sp³-hybridized carbons (Fsp3) is 0.111. The molecule has 0 heterocycles. The zero-order valence-electron chi connectivity index (χ0n) is 12.6. The Morgan fingerprint density at radius 3 is 2.17 bits per heavy atom. The lowest BCUT2D eigenvalue weighted by molar-refractivity contribution is -0.139. The van der Waals surface area contributed by atoms with Crippen molar-refractivity contribution in [3.8, 4) is 11.5 Å². The first-order valence-corrected chi connectivity index (χ1v) is 6.89. The predicted molar refractivity (Wildman–Crippen MR) is 85.9 cm³/mol. The number of rotatable bonds is 7. The van der Waals surface area contributed by atoms with E-state index in [9.17, 15) is 9.59 Å². The summed E-state index contributed by atoms with van der Waals surface area (Å²) < 4.78 is 10.1. The molecule has 5 heteroatoms. The van der Waals surface area contributed by atoms with Crippen molar-refractivity contribution in [2.45, 2.75) is 0 Å². The van der Waals surface area contributed by atoms with Gasteiger partial charge in [0.1, 0.15) is 11.5 Å². The highest BCUT2D eigenvalue weighted by Crippen LogP contribution is 2.15. The molecule has 0 aliphatic rings. The van der Waals surface area contributed by atoms with Gasteiger partial charge in [-0.2, -0.15) is 0 Å². The van der Waals surface area contributed by atoms with E-state index < -0.39 is 5.97 Å². The molecule has 0 amide bonds. The van der Waals surface area contributed by atoms with E-state index in [1.165, 1.54) is 6.08 Å². The molecule has 0 saturated heterocycles. The number of carboxylic acid groups (broad SMARTS) is 1. The van der Waals surface area contributed by atoms with Gasteiger partial charge in [0.15, 0.2) is 12.4 Å². The lowest BCUT2D eigenvalue weighted by atomic mass is 10.1. The third-order valence-electron chi connectivity index (χ3n) is 3.04. The number of carbonyl (C=O) groups excluding carboxylic acids is 1. The monoisotopic (exact) mass is 312 g/mol. The van der Waals surface area contributed by atoms with Crippen LogP contribution in [0.2, 0.25) is 0 Å². The maximum Gasteiger partial charge on any atom is 0.341 e. The van der Waals surface area contributed by atoms with Crippen molar-refractivity contribution < 1.29 is 24.2 Å². The van der Waals surface area contributed by atoms with E-state index in [0.717, 1.165) is 5.56 Å². The topological polar surface area (TPSA) is 72.8 Å². The molecule has 0 spiro atoms. The molecule has 0 unspecified atom stereocenters.